The summed E-state index contributed by atoms with van der Waals surface area (Å²) in [4.78, 5) is 12.4. The largest absolute Gasteiger partial charge is 0.383 e. The zero-order chi connectivity index (χ0) is 13.4. The third-order valence-electron chi connectivity index (χ3n) is 3.95. The van der Waals surface area contributed by atoms with Crippen molar-refractivity contribution in [3.05, 3.63) is 47.2 Å². The van der Waals surface area contributed by atoms with Crippen LogP contribution in [0.4, 0.5) is 5.82 Å². The highest BCUT2D eigenvalue weighted by atomic mass is 16.1. The van der Waals surface area contributed by atoms with Gasteiger partial charge in [-0.1, -0.05) is 24.6 Å². The third-order valence-corrected chi connectivity index (χ3v) is 3.95. The Bertz CT molecular complexity index is 626. The molecule has 0 atom stereocenters. The van der Waals surface area contributed by atoms with Crippen LogP contribution in [-0.4, -0.2) is 15.6 Å². The van der Waals surface area contributed by atoms with Gasteiger partial charge in [-0.2, -0.15) is 5.10 Å². The van der Waals surface area contributed by atoms with Crippen molar-refractivity contribution in [2.24, 2.45) is 7.05 Å². The first kappa shape index (κ1) is 12.0. The van der Waals surface area contributed by atoms with Gasteiger partial charge in [0.1, 0.15) is 5.82 Å². The van der Waals surface area contributed by atoms with E-state index >= 15 is 0 Å². The summed E-state index contributed by atoms with van der Waals surface area (Å²) in [6, 6.07) is 7.90. The van der Waals surface area contributed by atoms with Gasteiger partial charge in [-0.25, -0.2) is 0 Å². The average Bonchev–Trinajstić information content (AvgIpc) is 2.68. The molecule has 1 aromatic heterocycles. The topological polar surface area (TPSA) is 60.9 Å². The maximum Gasteiger partial charge on any atom is 0.198 e. The molecular formula is C15H17N3O. The van der Waals surface area contributed by atoms with Crippen molar-refractivity contribution in [1.29, 1.82) is 0 Å². The molecule has 4 heteroatoms. The first-order valence-corrected chi connectivity index (χ1v) is 6.59. The van der Waals surface area contributed by atoms with Crippen LogP contribution in [0, 0.1) is 0 Å². The summed E-state index contributed by atoms with van der Waals surface area (Å²) in [6.45, 7) is 0. The molecule has 0 saturated heterocycles. The second-order valence-corrected chi connectivity index (χ2v) is 5.15. The molecule has 1 aliphatic rings. The predicted octanol–water partition coefficient (Wildman–Crippen LogP) is 2.50. The molecule has 0 aliphatic heterocycles. The summed E-state index contributed by atoms with van der Waals surface area (Å²) >= 11 is 0. The summed E-state index contributed by atoms with van der Waals surface area (Å²) in [7, 11) is 1.73. The highest BCUT2D eigenvalue weighted by molar-refractivity contribution is 6.11. The molecule has 0 amide bonds. The van der Waals surface area contributed by atoms with Crippen LogP contribution in [0.25, 0.3) is 0 Å². The lowest BCUT2D eigenvalue weighted by Gasteiger charge is -2.26. The van der Waals surface area contributed by atoms with E-state index in [4.69, 9.17) is 5.73 Å². The van der Waals surface area contributed by atoms with Gasteiger partial charge in [-0.05, 0) is 30.4 Å². The molecule has 2 N–H and O–H groups in total. The number of nitrogen functional groups attached to an aromatic ring is 1. The van der Waals surface area contributed by atoms with Crippen molar-refractivity contribution in [2.45, 2.75) is 25.2 Å². The lowest BCUT2D eigenvalue weighted by molar-refractivity contribution is 0.103. The summed E-state index contributed by atoms with van der Waals surface area (Å²) < 4.78 is 1.52. The van der Waals surface area contributed by atoms with Crippen molar-refractivity contribution in [1.82, 2.24) is 9.78 Å². The van der Waals surface area contributed by atoms with Crippen LogP contribution in [0.3, 0.4) is 0 Å². The van der Waals surface area contributed by atoms with E-state index in [1.54, 1.807) is 7.05 Å². The quantitative estimate of drug-likeness (QED) is 0.857. The molecule has 1 saturated carbocycles. The summed E-state index contributed by atoms with van der Waals surface area (Å²) in [5.41, 5.74) is 8.30. The number of rotatable bonds is 3. The van der Waals surface area contributed by atoms with E-state index in [1.165, 1.54) is 35.7 Å². The Kier molecular flexibility index (Phi) is 2.85. The van der Waals surface area contributed by atoms with E-state index in [0.717, 1.165) is 0 Å². The highest BCUT2D eigenvalue weighted by Gasteiger charge is 2.21. The smallest absolute Gasteiger partial charge is 0.198 e. The fourth-order valence-electron chi connectivity index (χ4n) is 2.45. The summed E-state index contributed by atoms with van der Waals surface area (Å²) in [5.74, 6) is 0.991. The van der Waals surface area contributed by atoms with E-state index in [9.17, 15) is 4.79 Å². The number of hydrogen-bond donors (Lipinski definition) is 1. The molecule has 0 bridgehead atoms. The van der Waals surface area contributed by atoms with E-state index < -0.39 is 0 Å². The van der Waals surface area contributed by atoms with Crippen LogP contribution in [0.1, 0.15) is 46.7 Å². The lowest BCUT2D eigenvalue weighted by Crippen LogP contribution is -2.10. The second-order valence-electron chi connectivity index (χ2n) is 5.15. The number of aryl methyl sites for hydroxylation is 1. The number of hydrogen-bond acceptors (Lipinski definition) is 3. The number of aromatic nitrogens is 2. The Morgan fingerprint density at radius 1 is 1.42 bits per heavy atom. The van der Waals surface area contributed by atoms with Crippen molar-refractivity contribution in [3.63, 3.8) is 0 Å². The van der Waals surface area contributed by atoms with Crippen LogP contribution in [0.15, 0.2) is 30.5 Å². The zero-order valence-electron chi connectivity index (χ0n) is 11.0. The van der Waals surface area contributed by atoms with Crippen molar-refractivity contribution >= 4 is 11.6 Å². The van der Waals surface area contributed by atoms with Crippen molar-refractivity contribution < 1.29 is 4.79 Å². The molecule has 0 radical (unpaired) electrons. The van der Waals surface area contributed by atoms with Gasteiger partial charge in [0.25, 0.3) is 0 Å². The molecule has 1 aromatic carbocycles. The molecule has 4 nitrogen and oxygen atoms in total. The maximum absolute atomic E-state index is 12.4. The van der Waals surface area contributed by atoms with Crippen LogP contribution in [0.2, 0.25) is 0 Å². The average molecular weight is 255 g/mol. The Labute approximate surface area is 112 Å². The van der Waals surface area contributed by atoms with Crippen molar-refractivity contribution in [3.8, 4) is 0 Å². The maximum atomic E-state index is 12.4. The number of nitrogens with two attached hydrogens (primary N) is 1. The summed E-state index contributed by atoms with van der Waals surface area (Å²) in [5, 5.41) is 4.02. The number of benzene rings is 1. The Hall–Kier alpha value is -2.10. The number of anilines is 1. The molecule has 1 heterocycles. The summed E-state index contributed by atoms with van der Waals surface area (Å²) in [6.07, 6.45) is 5.28. The number of nitrogens with zero attached hydrogens (tertiary/aromatic N) is 2. The number of carbonyl (C=O) groups excluding carboxylic acids is 1. The predicted molar refractivity (Wildman–Crippen MR) is 74.1 cm³/mol. The second kappa shape index (κ2) is 4.53. The van der Waals surface area contributed by atoms with Crippen LogP contribution >= 0.6 is 0 Å². The Balaban J connectivity index is 1.93. The van der Waals surface area contributed by atoms with Gasteiger partial charge in [-0.15, -0.1) is 0 Å². The zero-order valence-corrected chi connectivity index (χ0v) is 11.0. The molecule has 98 valence electrons. The third kappa shape index (κ3) is 2.03. The van der Waals surface area contributed by atoms with E-state index in [0.29, 0.717) is 22.9 Å². The molecular weight excluding hydrogens is 238 g/mol. The molecule has 1 fully saturated rings. The van der Waals surface area contributed by atoms with E-state index in [-0.39, 0.29) is 5.78 Å². The first-order chi connectivity index (χ1) is 9.16. The van der Waals surface area contributed by atoms with Gasteiger partial charge in [0.2, 0.25) is 0 Å². The fourth-order valence-corrected chi connectivity index (χ4v) is 2.45. The van der Waals surface area contributed by atoms with Gasteiger partial charge >= 0.3 is 0 Å². The lowest BCUT2D eigenvalue weighted by atomic mass is 9.79. The minimum Gasteiger partial charge on any atom is -0.383 e. The van der Waals surface area contributed by atoms with Gasteiger partial charge < -0.3 is 5.73 Å². The molecule has 0 spiro atoms. The number of ketones is 1. The van der Waals surface area contributed by atoms with Crippen LogP contribution in [0.5, 0.6) is 0 Å². The first-order valence-electron chi connectivity index (χ1n) is 6.59. The molecule has 1 aliphatic carbocycles. The van der Waals surface area contributed by atoms with Gasteiger partial charge in [-0.3, -0.25) is 9.48 Å². The fraction of sp³-hybridized carbons (Fsp3) is 0.333. The van der Waals surface area contributed by atoms with Gasteiger partial charge in [0.05, 0.1) is 11.8 Å². The minimum atomic E-state index is -0.0493. The number of carbonyl (C=O) groups is 1. The SMILES string of the molecule is Cn1ncc(C(=O)c2cccc(C3CCC3)c2)c1N. The highest BCUT2D eigenvalue weighted by Crippen LogP contribution is 2.36. The molecule has 19 heavy (non-hydrogen) atoms. The molecule has 0 unspecified atom stereocenters. The Morgan fingerprint density at radius 3 is 2.79 bits per heavy atom. The van der Waals surface area contributed by atoms with Gasteiger partial charge in [0, 0.05) is 12.6 Å². The molecule has 3 rings (SSSR count). The monoisotopic (exact) mass is 255 g/mol. The van der Waals surface area contributed by atoms with E-state index in [2.05, 4.69) is 11.2 Å². The van der Waals surface area contributed by atoms with E-state index in [1.807, 2.05) is 18.2 Å². The normalized spacial score (nSPS) is 15.2. The van der Waals surface area contributed by atoms with Crippen LogP contribution in [-0.2, 0) is 7.05 Å². The van der Waals surface area contributed by atoms with Crippen molar-refractivity contribution in [2.75, 3.05) is 5.73 Å². The van der Waals surface area contributed by atoms with Gasteiger partial charge in [0.15, 0.2) is 5.78 Å². The standard InChI is InChI=1S/C15H17N3O/c1-18-15(16)13(9-17-18)14(19)12-7-3-6-11(8-12)10-4-2-5-10/h3,6-10H,2,4-5,16H2,1H3. The molecule has 2 aromatic rings. The minimum absolute atomic E-state index is 0.0493. The Morgan fingerprint density at radius 2 is 2.21 bits per heavy atom. The van der Waals surface area contributed by atoms with Crippen LogP contribution < -0.4 is 5.73 Å².